The molecule has 1 aliphatic heterocycles. The molecule has 5 rings (SSSR count). The Bertz CT molecular complexity index is 1860. The second kappa shape index (κ2) is 17.9. The molecule has 1 aromatic heterocycles. The van der Waals surface area contributed by atoms with Crippen molar-refractivity contribution in [3.63, 3.8) is 0 Å². The number of benzene rings is 3. The van der Waals surface area contributed by atoms with Crippen LogP contribution in [0.2, 0.25) is 10.0 Å². The molecule has 2 heterocycles. The number of likely N-dealkylation sites (N-methyl/N-ethyl adjacent to an activating group) is 1. The largest absolute Gasteiger partial charge is 0.457 e. The summed E-state index contributed by atoms with van der Waals surface area (Å²) in [6.45, 7) is 3.03. The first-order valence-electron chi connectivity index (χ1n) is 17.6. The van der Waals surface area contributed by atoms with Crippen molar-refractivity contribution in [2.45, 2.75) is 56.9 Å². The van der Waals surface area contributed by atoms with E-state index in [4.69, 9.17) is 27.9 Å². The highest BCUT2D eigenvalue weighted by Crippen LogP contribution is 2.33. The molecule has 3 aromatic carbocycles. The van der Waals surface area contributed by atoms with Gasteiger partial charge < -0.3 is 40.2 Å². The summed E-state index contributed by atoms with van der Waals surface area (Å²) < 4.78 is 23.5. The van der Waals surface area contributed by atoms with Gasteiger partial charge in [-0.2, -0.15) is 0 Å². The molecule has 284 valence electrons. The van der Waals surface area contributed by atoms with Crippen LogP contribution in [0.1, 0.15) is 36.7 Å². The lowest BCUT2D eigenvalue weighted by molar-refractivity contribution is -0.142. The van der Waals surface area contributed by atoms with Crippen molar-refractivity contribution >= 4 is 35.0 Å². The molecule has 11 nitrogen and oxygen atoms in total. The van der Waals surface area contributed by atoms with E-state index < -0.39 is 41.9 Å². The van der Waals surface area contributed by atoms with Gasteiger partial charge in [0.2, 0.25) is 11.8 Å². The normalized spacial score (nSPS) is 17.0. The standard InChI is InChI=1S/C39H48Cl2FN7O4/c1-25(37(51)46-33(23-50)38(52)49(5)39(15-6-16-43-24-39)19-26-7-11-28(40)12-8-26)44-20-31-32(42)17-29(41)18-35(31)53-30-13-9-27(10-14-30)34-21-45-36(48(34)4)22-47(2)3/h7-14,17-18,21,25,33,43-44,50H,6,15-16,19-20,22-24H2,1-5H3,(H,46,51)/t25-,33-,39+/m0/s1. The highest BCUT2D eigenvalue weighted by atomic mass is 35.5. The van der Waals surface area contributed by atoms with Crippen molar-refractivity contribution in [2.75, 3.05) is 40.8 Å². The second-order valence-corrected chi connectivity index (χ2v) is 14.8. The van der Waals surface area contributed by atoms with Gasteiger partial charge in [-0.3, -0.25) is 9.59 Å². The quantitative estimate of drug-likeness (QED) is 0.131. The van der Waals surface area contributed by atoms with Crippen molar-refractivity contribution < 1.29 is 23.8 Å². The minimum Gasteiger partial charge on any atom is -0.457 e. The number of rotatable bonds is 15. The van der Waals surface area contributed by atoms with Crippen molar-refractivity contribution in [3.05, 3.63) is 99.7 Å². The Morgan fingerprint density at radius 2 is 1.81 bits per heavy atom. The van der Waals surface area contributed by atoms with Crippen LogP contribution in [-0.2, 0) is 36.1 Å². The Labute approximate surface area is 320 Å². The van der Waals surface area contributed by atoms with Crippen LogP contribution in [-0.4, -0.2) is 94.7 Å². The molecule has 0 saturated carbocycles. The Balaban J connectivity index is 1.23. The number of aliphatic hydroxyl groups excluding tert-OH is 1. The van der Waals surface area contributed by atoms with E-state index in [0.717, 1.165) is 42.0 Å². The predicted octanol–water partition coefficient (Wildman–Crippen LogP) is 5.17. The monoisotopic (exact) mass is 767 g/mol. The Hall–Kier alpha value is -4.04. The fraction of sp³-hybridized carbons (Fsp3) is 0.410. The fourth-order valence-electron chi connectivity index (χ4n) is 6.60. The average molecular weight is 769 g/mol. The van der Waals surface area contributed by atoms with Gasteiger partial charge in [0.05, 0.1) is 36.6 Å². The lowest BCUT2D eigenvalue weighted by Gasteiger charge is -2.46. The molecule has 14 heteroatoms. The van der Waals surface area contributed by atoms with Crippen molar-refractivity contribution in [2.24, 2.45) is 7.05 Å². The van der Waals surface area contributed by atoms with Crippen molar-refractivity contribution in [3.8, 4) is 22.8 Å². The molecule has 3 atom stereocenters. The third-order valence-electron chi connectivity index (χ3n) is 9.75. The number of halogens is 3. The highest BCUT2D eigenvalue weighted by molar-refractivity contribution is 6.31. The first-order valence-corrected chi connectivity index (χ1v) is 18.3. The molecule has 2 amide bonds. The van der Waals surface area contributed by atoms with Gasteiger partial charge in [0.1, 0.15) is 29.2 Å². The summed E-state index contributed by atoms with van der Waals surface area (Å²) in [5.74, 6) is 0.0393. The molecule has 1 saturated heterocycles. The van der Waals surface area contributed by atoms with Crippen molar-refractivity contribution in [1.82, 2.24) is 35.3 Å². The van der Waals surface area contributed by atoms with E-state index in [1.54, 1.807) is 31.0 Å². The van der Waals surface area contributed by atoms with Crippen LogP contribution in [0, 0.1) is 5.82 Å². The number of carbonyl (C=O) groups is 2. The molecule has 0 radical (unpaired) electrons. The number of ether oxygens (including phenoxy) is 1. The summed E-state index contributed by atoms with van der Waals surface area (Å²) in [6, 6.07) is 15.6. The van der Waals surface area contributed by atoms with Crippen LogP contribution in [0.15, 0.2) is 66.9 Å². The maximum atomic E-state index is 15.3. The van der Waals surface area contributed by atoms with Gasteiger partial charge in [0.25, 0.3) is 0 Å². The molecular weight excluding hydrogens is 720 g/mol. The Morgan fingerprint density at radius 3 is 2.45 bits per heavy atom. The van der Waals surface area contributed by atoms with E-state index >= 15 is 4.39 Å². The zero-order valence-corrected chi connectivity index (χ0v) is 32.3. The first-order chi connectivity index (χ1) is 25.3. The smallest absolute Gasteiger partial charge is 0.247 e. The third kappa shape index (κ3) is 9.94. The second-order valence-electron chi connectivity index (χ2n) is 13.9. The zero-order valence-electron chi connectivity index (χ0n) is 30.8. The van der Waals surface area contributed by atoms with Crippen LogP contribution >= 0.6 is 23.2 Å². The van der Waals surface area contributed by atoms with Crippen LogP contribution in [0.3, 0.4) is 0 Å². The number of nitrogens with zero attached hydrogens (tertiary/aromatic N) is 4. The minimum absolute atomic E-state index is 0.0812. The number of piperidine rings is 1. The molecular formula is C39H48Cl2FN7O4. The molecule has 0 unspecified atom stereocenters. The maximum absolute atomic E-state index is 15.3. The van der Waals surface area contributed by atoms with Crippen LogP contribution in [0.4, 0.5) is 4.39 Å². The average Bonchev–Trinajstić information content (AvgIpc) is 3.49. The number of aliphatic hydroxyl groups is 1. The van der Waals surface area contributed by atoms with E-state index in [1.165, 1.54) is 12.1 Å². The molecule has 4 N–H and O–H groups in total. The summed E-state index contributed by atoms with van der Waals surface area (Å²) in [5, 5.41) is 20.2. The number of amides is 2. The Morgan fingerprint density at radius 1 is 1.09 bits per heavy atom. The highest BCUT2D eigenvalue weighted by Gasteiger charge is 2.41. The molecule has 0 aliphatic carbocycles. The van der Waals surface area contributed by atoms with Gasteiger partial charge in [0, 0.05) is 48.4 Å². The SMILES string of the molecule is C[C@H](NCc1c(F)cc(Cl)cc1Oc1ccc(-c2cnc(CN(C)C)n2C)cc1)C(=O)N[C@@H](CO)C(=O)N(C)[C@@]1(Cc2ccc(Cl)cc2)CCCNC1. The molecule has 4 aromatic rings. The number of hydrogen-bond acceptors (Lipinski definition) is 8. The lowest BCUT2D eigenvalue weighted by Crippen LogP contribution is -2.63. The van der Waals surface area contributed by atoms with Gasteiger partial charge in [-0.05, 0) is 101 Å². The van der Waals surface area contributed by atoms with E-state index in [0.29, 0.717) is 30.3 Å². The van der Waals surface area contributed by atoms with Gasteiger partial charge in [-0.1, -0.05) is 35.3 Å². The topological polar surface area (TPSA) is 124 Å². The third-order valence-corrected chi connectivity index (χ3v) is 10.2. The molecule has 1 aliphatic rings. The van der Waals surface area contributed by atoms with Crippen LogP contribution in [0.5, 0.6) is 11.5 Å². The van der Waals surface area contributed by atoms with Gasteiger partial charge in [0.15, 0.2) is 0 Å². The van der Waals surface area contributed by atoms with Gasteiger partial charge in [-0.25, -0.2) is 9.37 Å². The van der Waals surface area contributed by atoms with Crippen molar-refractivity contribution in [1.29, 1.82) is 0 Å². The number of aromatic nitrogens is 2. The summed E-state index contributed by atoms with van der Waals surface area (Å²) in [5.41, 5.74) is 2.51. The first kappa shape index (κ1) is 40.2. The summed E-state index contributed by atoms with van der Waals surface area (Å²) in [4.78, 5) is 35.4. The number of hydrogen-bond donors (Lipinski definition) is 4. The molecule has 1 fully saturated rings. The number of nitrogens with one attached hydrogen (secondary N) is 3. The number of imidazole rings is 1. The summed E-state index contributed by atoms with van der Waals surface area (Å²) >= 11 is 12.3. The maximum Gasteiger partial charge on any atom is 0.247 e. The fourth-order valence-corrected chi connectivity index (χ4v) is 6.92. The van der Waals surface area contributed by atoms with Crippen LogP contribution < -0.4 is 20.7 Å². The summed E-state index contributed by atoms with van der Waals surface area (Å²) in [6.07, 6.45) is 4.02. The van der Waals surface area contributed by atoms with Crippen LogP contribution in [0.25, 0.3) is 11.3 Å². The molecule has 0 spiro atoms. The van der Waals surface area contributed by atoms with E-state index in [2.05, 4.69) is 25.8 Å². The van der Waals surface area contributed by atoms with E-state index in [-0.39, 0.29) is 22.9 Å². The van der Waals surface area contributed by atoms with E-state index in [1.807, 2.05) is 68.3 Å². The van der Waals surface area contributed by atoms with E-state index in [9.17, 15) is 14.7 Å². The predicted molar refractivity (Wildman–Crippen MR) is 206 cm³/mol. The number of carbonyl (C=O) groups excluding carboxylic acids is 2. The minimum atomic E-state index is -1.18. The molecule has 0 bridgehead atoms. The van der Waals surface area contributed by atoms with Gasteiger partial charge >= 0.3 is 0 Å². The van der Waals surface area contributed by atoms with Gasteiger partial charge in [-0.15, -0.1) is 0 Å². The zero-order chi connectivity index (χ0) is 38.3. The Kier molecular flexibility index (Phi) is 13.5. The lowest BCUT2D eigenvalue weighted by atomic mass is 9.82. The summed E-state index contributed by atoms with van der Waals surface area (Å²) in [7, 11) is 7.66. The molecule has 53 heavy (non-hydrogen) atoms.